The van der Waals surface area contributed by atoms with Gasteiger partial charge in [-0.25, -0.2) is 0 Å². The van der Waals surface area contributed by atoms with Crippen molar-refractivity contribution >= 4 is 5.69 Å². The van der Waals surface area contributed by atoms with Crippen molar-refractivity contribution in [3.63, 3.8) is 0 Å². The number of aromatic nitrogens is 2. The number of hydrogen-bond donors (Lipinski definition) is 4. The molecule has 2 rings (SSSR count). The van der Waals surface area contributed by atoms with Crippen LogP contribution in [0.1, 0.15) is 29.9 Å². The molecule has 0 spiro atoms. The van der Waals surface area contributed by atoms with E-state index in [0.29, 0.717) is 5.56 Å². The summed E-state index contributed by atoms with van der Waals surface area (Å²) >= 11 is 0. The molecular weight excluding hydrogens is 230 g/mol. The molecule has 1 heterocycles. The van der Waals surface area contributed by atoms with Gasteiger partial charge < -0.3 is 15.5 Å². The minimum absolute atomic E-state index is 0.0776. The molecule has 4 N–H and O–H groups in total. The maximum absolute atomic E-state index is 9.81. The normalized spacial score (nSPS) is 12.4. The maximum Gasteiger partial charge on any atom is 0.124 e. The zero-order valence-electron chi connectivity index (χ0n) is 10.7. The number of aromatic hydroxyl groups is 2. The second kappa shape index (κ2) is 4.60. The molecule has 5 heteroatoms. The summed E-state index contributed by atoms with van der Waals surface area (Å²) in [6.45, 7) is 5.68. The number of hydrogen-bond acceptors (Lipinski definition) is 4. The molecule has 0 fully saturated rings. The van der Waals surface area contributed by atoms with Gasteiger partial charge in [-0.05, 0) is 32.9 Å². The first kappa shape index (κ1) is 12.3. The molecule has 0 aliphatic rings. The highest BCUT2D eigenvalue weighted by Gasteiger charge is 2.17. The lowest BCUT2D eigenvalue weighted by molar-refractivity contribution is 0.434. The van der Waals surface area contributed by atoms with Crippen molar-refractivity contribution in [2.45, 2.75) is 26.8 Å². The van der Waals surface area contributed by atoms with Crippen LogP contribution >= 0.6 is 0 Å². The number of anilines is 1. The van der Waals surface area contributed by atoms with Crippen molar-refractivity contribution in [1.29, 1.82) is 0 Å². The lowest BCUT2D eigenvalue weighted by Crippen LogP contribution is -2.08. The Morgan fingerprint density at radius 2 is 1.83 bits per heavy atom. The molecule has 0 aliphatic carbocycles. The summed E-state index contributed by atoms with van der Waals surface area (Å²) in [4.78, 5) is 0. The van der Waals surface area contributed by atoms with Crippen molar-refractivity contribution < 1.29 is 10.2 Å². The molecule has 0 amide bonds. The molecule has 0 saturated heterocycles. The highest BCUT2D eigenvalue weighted by Crippen LogP contribution is 2.34. The van der Waals surface area contributed by atoms with Crippen molar-refractivity contribution in [1.82, 2.24) is 10.2 Å². The summed E-state index contributed by atoms with van der Waals surface area (Å²) in [7, 11) is 0. The Balaban J connectivity index is 2.30. The molecule has 5 nitrogen and oxygen atoms in total. The number of phenols is 2. The first-order valence-electron chi connectivity index (χ1n) is 5.79. The van der Waals surface area contributed by atoms with E-state index in [2.05, 4.69) is 15.5 Å². The standard InChI is InChI=1S/C13H17N3O2/c1-7(12-10(17)5-4-6-11(12)18)14-13-8(2)15-16-9(13)3/h4-7,14,17-18H,1-3H3,(H,15,16). The van der Waals surface area contributed by atoms with Gasteiger partial charge in [-0.2, -0.15) is 5.10 Å². The van der Waals surface area contributed by atoms with Crippen LogP contribution < -0.4 is 5.32 Å². The second-order valence-corrected chi connectivity index (χ2v) is 4.38. The van der Waals surface area contributed by atoms with Gasteiger partial charge in [0.2, 0.25) is 0 Å². The van der Waals surface area contributed by atoms with Crippen LogP contribution in [0.15, 0.2) is 18.2 Å². The van der Waals surface area contributed by atoms with Crippen LogP contribution in [0.5, 0.6) is 11.5 Å². The highest BCUT2D eigenvalue weighted by molar-refractivity contribution is 5.55. The Morgan fingerprint density at radius 3 is 2.33 bits per heavy atom. The average Bonchev–Trinajstić information content (AvgIpc) is 2.60. The van der Waals surface area contributed by atoms with E-state index in [0.717, 1.165) is 17.1 Å². The van der Waals surface area contributed by atoms with E-state index in [1.165, 1.54) is 0 Å². The van der Waals surface area contributed by atoms with Crippen LogP contribution in [0.2, 0.25) is 0 Å². The van der Waals surface area contributed by atoms with Gasteiger partial charge in [-0.1, -0.05) is 6.07 Å². The fourth-order valence-corrected chi connectivity index (χ4v) is 2.04. The first-order valence-corrected chi connectivity index (χ1v) is 5.79. The van der Waals surface area contributed by atoms with E-state index in [1.54, 1.807) is 18.2 Å². The number of aromatic amines is 1. The number of nitrogens with zero attached hydrogens (tertiary/aromatic N) is 1. The summed E-state index contributed by atoms with van der Waals surface area (Å²) in [6.07, 6.45) is 0. The number of nitrogens with one attached hydrogen (secondary N) is 2. The van der Waals surface area contributed by atoms with Gasteiger partial charge in [0.25, 0.3) is 0 Å². The summed E-state index contributed by atoms with van der Waals surface area (Å²) in [6, 6.07) is 4.50. The Labute approximate surface area is 105 Å². The third kappa shape index (κ3) is 2.11. The third-order valence-corrected chi connectivity index (χ3v) is 2.98. The molecule has 96 valence electrons. The minimum Gasteiger partial charge on any atom is -0.507 e. The quantitative estimate of drug-likeness (QED) is 0.672. The number of aryl methyl sites for hydroxylation is 2. The highest BCUT2D eigenvalue weighted by atomic mass is 16.3. The van der Waals surface area contributed by atoms with Gasteiger partial charge in [0.1, 0.15) is 11.5 Å². The number of benzene rings is 1. The van der Waals surface area contributed by atoms with Crippen molar-refractivity contribution in [2.24, 2.45) is 0 Å². The number of H-pyrrole nitrogens is 1. The van der Waals surface area contributed by atoms with Crippen LogP contribution in [-0.4, -0.2) is 20.4 Å². The van der Waals surface area contributed by atoms with E-state index in [9.17, 15) is 10.2 Å². The zero-order valence-corrected chi connectivity index (χ0v) is 10.7. The lowest BCUT2D eigenvalue weighted by Gasteiger charge is -2.18. The molecule has 0 saturated carbocycles. The molecule has 2 aromatic rings. The van der Waals surface area contributed by atoms with Crippen molar-refractivity contribution in [3.05, 3.63) is 35.2 Å². The van der Waals surface area contributed by atoms with Gasteiger partial charge in [-0.15, -0.1) is 0 Å². The third-order valence-electron chi connectivity index (χ3n) is 2.98. The van der Waals surface area contributed by atoms with Gasteiger partial charge in [0, 0.05) is 0 Å². The Kier molecular flexibility index (Phi) is 3.14. The predicted octanol–water partition coefficient (Wildman–Crippen LogP) is 2.61. The van der Waals surface area contributed by atoms with Crippen LogP contribution in [0.3, 0.4) is 0 Å². The van der Waals surface area contributed by atoms with Crippen LogP contribution in [0.25, 0.3) is 0 Å². The Hall–Kier alpha value is -2.17. The van der Waals surface area contributed by atoms with E-state index in [-0.39, 0.29) is 17.5 Å². The van der Waals surface area contributed by atoms with Crippen LogP contribution in [0, 0.1) is 13.8 Å². The molecule has 1 atom stereocenters. The van der Waals surface area contributed by atoms with E-state index < -0.39 is 0 Å². The lowest BCUT2D eigenvalue weighted by atomic mass is 10.1. The smallest absolute Gasteiger partial charge is 0.124 e. The summed E-state index contributed by atoms with van der Waals surface area (Å²) in [5.41, 5.74) is 3.16. The predicted molar refractivity (Wildman–Crippen MR) is 69.9 cm³/mol. The molecule has 1 unspecified atom stereocenters. The van der Waals surface area contributed by atoms with Gasteiger partial charge in [-0.3, -0.25) is 5.10 Å². The largest absolute Gasteiger partial charge is 0.507 e. The minimum atomic E-state index is -0.221. The summed E-state index contributed by atoms with van der Waals surface area (Å²) < 4.78 is 0. The monoisotopic (exact) mass is 247 g/mol. The number of rotatable bonds is 3. The molecule has 0 radical (unpaired) electrons. The second-order valence-electron chi connectivity index (χ2n) is 4.38. The molecular formula is C13H17N3O2. The fourth-order valence-electron chi connectivity index (χ4n) is 2.04. The van der Waals surface area contributed by atoms with E-state index in [4.69, 9.17) is 0 Å². The van der Waals surface area contributed by atoms with Crippen molar-refractivity contribution in [2.75, 3.05) is 5.32 Å². The molecule has 0 bridgehead atoms. The average molecular weight is 247 g/mol. The van der Waals surface area contributed by atoms with Crippen molar-refractivity contribution in [3.8, 4) is 11.5 Å². The summed E-state index contributed by atoms with van der Waals surface area (Å²) in [5.74, 6) is 0.155. The fraction of sp³-hybridized carbons (Fsp3) is 0.308. The van der Waals surface area contributed by atoms with Gasteiger partial charge in [0.15, 0.2) is 0 Å². The zero-order chi connectivity index (χ0) is 13.3. The van der Waals surface area contributed by atoms with E-state index >= 15 is 0 Å². The first-order chi connectivity index (χ1) is 8.50. The molecule has 1 aromatic heterocycles. The Bertz CT molecular complexity index is 524. The van der Waals surface area contributed by atoms with Gasteiger partial charge >= 0.3 is 0 Å². The SMILES string of the molecule is Cc1n[nH]c(C)c1NC(C)c1c(O)cccc1O. The number of phenolic OH excluding ortho intramolecular Hbond substituents is 2. The van der Waals surface area contributed by atoms with E-state index in [1.807, 2.05) is 20.8 Å². The van der Waals surface area contributed by atoms with Crippen LogP contribution in [-0.2, 0) is 0 Å². The molecule has 0 aliphatic heterocycles. The summed E-state index contributed by atoms with van der Waals surface area (Å²) in [5, 5.41) is 29.8. The molecule has 1 aromatic carbocycles. The van der Waals surface area contributed by atoms with Crippen LogP contribution in [0.4, 0.5) is 5.69 Å². The Morgan fingerprint density at radius 1 is 1.22 bits per heavy atom. The topological polar surface area (TPSA) is 81.2 Å². The van der Waals surface area contributed by atoms with Gasteiger partial charge in [0.05, 0.1) is 28.7 Å². The molecule has 18 heavy (non-hydrogen) atoms. The maximum atomic E-state index is 9.81.